The minimum atomic E-state index is -0.613. The van der Waals surface area contributed by atoms with Crippen molar-refractivity contribution in [1.29, 1.82) is 0 Å². The molecule has 16 heavy (non-hydrogen) atoms. The van der Waals surface area contributed by atoms with Crippen molar-refractivity contribution < 1.29 is 14.6 Å². The average Bonchev–Trinajstić information content (AvgIpc) is 2.28. The molecule has 0 aliphatic rings. The van der Waals surface area contributed by atoms with Gasteiger partial charge < -0.3 is 15.6 Å². The number of nitrogens with two attached hydrogens (primary N) is 1. The van der Waals surface area contributed by atoms with Gasteiger partial charge in [-0.3, -0.25) is 4.79 Å². The summed E-state index contributed by atoms with van der Waals surface area (Å²) in [6, 6.07) is 7.08. The standard InChI is InChI=1S/C11H15NO3S/c1-15-11(14)7-16-6-10(13)8-3-2-4-9(12)5-8/h2-5,10,13H,6-7,12H2,1H3. The molecule has 0 saturated carbocycles. The first kappa shape index (κ1) is 12.9. The number of aliphatic hydroxyl groups is 1. The first-order valence-corrected chi connectivity index (χ1v) is 5.97. The summed E-state index contributed by atoms with van der Waals surface area (Å²) in [7, 11) is 1.34. The quantitative estimate of drug-likeness (QED) is 0.599. The van der Waals surface area contributed by atoms with Gasteiger partial charge in [-0.1, -0.05) is 12.1 Å². The molecule has 1 atom stereocenters. The van der Waals surface area contributed by atoms with Crippen LogP contribution < -0.4 is 5.73 Å². The molecule has 1 aromatic carbocycles. The molecule has 0 aromatic heterocycles. The highest BCUT2D eigenvalue weighted by Crippen LogP contribution is 2.19. The van der Waals surface area contributed by atoms with Crippen molar-refractivity contribution in [1.82, 2.24) is 0 Å². The molecule has 4 nitrogen and oxygen atoms in total. The summed E-state index contributed by atoms with van der Waals surface area (Å²) in [5.74, 6) is 0.402. The second-order valence-corrected chi connectivity index (χ2v) is 4.31. The second kappa shape index (κ2) is 6.40. The fourth-order valence-electron chi connectivity index (χ4n) is 1.18. The molecule has 0 fully saturated rings. The summed E-state index contributed by atoms with van der Waals surface area (Å²) >= 11 is 1.33. The SMILES string of the molecule is COC(=O)CSCC(O)c1cccc(N)c1. The Kier molecular flexibility index (Phi) is 5.14. The maximum absolute atomic E-state index is 10.8. The van der Waals surface area contributed by atoms with E-state index in [4.69, 9.17) is 5.73 Å². The minimum Gasteiger partial charge on any atom is -0.468 e. The Morgan fingerprint density at radius 3 is 3.00 bits per heavy atom. The van der Waals surface area contributed by atoms with Gasteiger partial charge in [0.2, 0.25) is 0 Å². The number of carbonyl (C=O) groups is 1. The number of benzene rings is 1. The Hall–Kier alpha value is -1.20. The topological polar surface area (TPSA) is 72.5 Å². The Labute approximate surface area is 98.8 Å². The maximum Gasteiger partial charge on any atom is 0.315 e. The molecule has 1 rings (SSSR count). The van der Waals surface area contributed by atoms with E-state index in [1.165, 1.54) is 18.9 Å². The van der Waals surface area contributed by atoms with Gasteiger partial charge in [0.1, 0.15) is 0 Å². The zero-order valence-corrected chi connectivity index (χ0v) is 9.87. The van der Waals surface area contributed by atoms with Crippen LogP contribution in [0.1, 0.15) is 11.7 Å². The fraction of sp³-hybridized carbons (Fsp3) is 0.364. The Bertz CT molecular complexity index is 357. The van der Waals surface area contributed by atoms with Crippen LogP contribution in [0, 0.1) is 0 Å². The lowest BCUT2D eigenvalue weighted by Gasteiger charge is -2.10. The van der Waals surface area contributed by atoms with Crippen LogP contribution in [-0.2, 0) is 9.53 Å². The number of rotatable bonds is 5. The van der Waals surface area contributed by atoms with Crippen molar-refractivity contribution in [2.45, 2.75) is 6.10 Å². The number of nitrogen functional groups attached to an aromatic ring is 1. The molecular weight excluding hydrogens is 226 g/mol. The fourth-order valence-corrected chi connectivity index (χ4v) is 1.99. The molecule has 3 N–H and O–H groups in total. The minimum absolute atomic E-state index is 0.246. The van der Waals surface area contributed by atoms with Crippen LogP contribution in [0.25, 0.3) is 0 Å². The van der Waals surface area contributed by atoms with Gasteiger partial charge in [-0.15, -0.1) is 11.8 Å². The number of carbonyl (C=O) groups excluding carboxylic acids is 1. The highest BCUT2D eigenvalue weighted by Gasteiger charge is 2.09. The summed E-state index contributed by atoms with van der Waals surface area (Å²) in [5, 5.41) is 9.80. The third-order valence-electron chi connectivity index (χ3n) is 2.02. The normalized spacial score (nSPS) is 12.1. The summed E-state index contributed by atoms with van der Waals surface area (Å²) in [5.41, 5.74) is 6.98. The molecule has 5 heteroatoms. The van der Waals surface area contributed by atoms with E-state index in [9.17, 15) is 9.90 Å². The Morgan fingerprint density at radius 1 is 1.62 bits per heavy atom. The Morgan fingerprint density at radius 2 is 2.38 bits per heavy atom. The lowest BCUT2D eigenvalue weighted by atomic mass is 10.1. The molecule has 0 aliphatic carbocycles. The van der Waals surface area contributed by atoms with E-state index in [1.807, 2.05) is 0 Å². The number of ether oxygens (including phenoxy) is 1. The first-order chi connectivity index (χ1) is 7.63. The summed E-state index contributed by atoms with van der Waals surface area (Å²) < 4.78 is 4.50. The smallest absolute Gasteiger partial charge is 0.315 e. The van der Waals surface area contributed by atoms with E-state index in [0.717, 1.165) is 5.56 Å². The van der Waals surface area contributed by atoms with Crippen LogP contribution >= 0.6 is 11.8 Å². The largest absolute Gasteiger partial charge is 0.468 e. The van der Waals surface area contributed by atoms with Crippen LogP contribution in [0.4, 0.5) is 5.69 Å². The van der Waals surface area contributed by atoms with Crippen LogP contribution in [0.5, 0.6) is 0 Å². The van der Waals surface area contributed by atoms with Crippen LogP contribution in [0.3, 0.4) is 0 Å². The summed E-state index contributed by atoms with van der Waals surface area (Å²) in [6.07, 6.45) is -0.613. The number of hydrogen-bond acceptors (Lipinski definition) is 5. The highest BCUT2D eigenvalue weighted by molar-refractivity contribution is 7.99. The highest BCUT2D eigenvalue weighted by atomic mass is 32.2. The van der Waals surface area contributed by atoms with E-state index in [2.05, 4.69) is 4.74 Å². The van der Waals surface area contributed by atoms with Crippen LogP contribution in [-0.4, -0.2) is 29.7 Å². The van der Waals surface area contributed by atoms with Gasteiger partial charge in [-0.05, 0) is 17.7 Å². The van der Waals surface area contributed by atoms with E-state index in [1.54, 1.807) is 24.3 Å². The van der Waals surface area contributed by atoms with Crippen molar-refractivity contribution in [3.8, 4) is 0 Å². The zero-order valence-electron chi connectivity index (χ0n) is 9.05. The van der Waals surface area contributed by atoms with E-state index in [-0.39, 0.29) is 11.7 Å². The van der Waals surface area contributed by atoms with E-state index < -0.39 is 6.10 Å². The van der Waals surface area contributed by atoms with Crippen molar-refractivity contribution in [3.63, 3.8) is 0 Å². The predicted octanol–water partition coefficient (Wildman–Crippen LogP) is 1.21. The number of aliphatic hydroxyl groups excluding tert-OH is 1. The van der Waals surface area contributed by atoms with Gasteiger partial charge in [-0.25, -0.2) is 0 Å². The van der Waals surface area contributed by atoms with Gasteiger partial charge in [-0.2, -0.15) is 0 Å². The molecule has 0 aliphatic heterocycles. The number of esters is 1. The molecule has 0 radical (unpaired) electrons. The molecule has 0 heterocycles. The van der Waals surface area contributed by atoms with Gasteiger partial charge in [0, 0.05) is 11.4 Å². The van der Waals surface area contributed by atoms with Gasteiger partial charge in [0.15, 0.2) is 0 Å². The van der Waals surface area contributed by atoms with Crippen molar-refractivity contribution in [2.75, 3.05) is 24.3 Å². The lowest BCUT2D eigenvalue weighted by Crippen LogP contribution is -2.07. The van der Waals surface area contributed by atoms with Crippen LogP contribution in [0.15, 0.2) is 24.3 Å². The molecule has 0 spiro atoms. The average molecular weight is 241 g/mol. The lowest BCUT2D eigenvalue weighted by molar-refractivity contribution is -0.137. The predicted molar refractivity (Wildman–Crippen MR) is 65.2 cm³/mol. The van der Waals surface area contributed by atoms with Gasteiger partial charge in [0.25, 0.3) is 0 Å². The molecule has 88 valence electrons. The number of hydrogen-bond donors (Lipinski definition) is 2. The molecule has 0 bridgehead atoms. The van der Waals surface area contributed by atoms with E-state index in [0.29, 0.717) is 11.4 Å². The number of anilines is 1. The maximum atomic E-state index is 10.8. The van der Waals surface area contributed by atoms with Gasteiger partial charge >= 0.3 is 5.97 Å². The monoisotopic (exact) mass is 241 g/mol. The van der Waals surface area contributed by atoms with Crippen molar-refractivity contribution in [2.24, 2.45) is 0 Å². The zero-order chi connectivity index (χ0) is 12.0. The third kappa shape index (κ3) is 4.12. The van der Waals surface area contributed by atoms with E-state index >= 15 is 0 Å². The molecule has 1 unspecified atom stereocenters. The number of methoxy groups -OCH3 is 1. The van der Waals surface area contributed by atoms with Gasteiger partial charge in [0.05, 0.1) is 19.0 Å². The van der Waals surface area contributed by atoms with Crippen molar-refractivity contribution in [3.05, 3.63) is 29.8 Å². The van der Waals surface area contributed by atoms with Crippen LogP contribution in [0.2, 0.25) is 0 Å². The molecule has 1 aromatic rings. The molecule has 0 saturated heterocycles. The second-order valence-electron chi connectivity index (χ2n) is 3.28. The Balaban J connectivity index is 2.40. The summed E-state index contributed by atoms with van der Waals surface area (Å²) in [4.78, 5) is 10.8. The molecular formula is C11H15NO3S. The summed E-state index contributed by atoms with van der Waals surface area (Å²) in [6.45, 7) is 0. The van der Waals surface area contributed by atoms with Crippen molar-refractivity contribution >= 4 is 23.4 Å². The first-order valence-electron chi connectivity index (χ1n) is 4.81. The number of thioether (sulfide) groups is 1. The third-order valence-corrected chi connectivity index (χ3v) is 3.01. The molecule has 0 amide bonds.